The summed E-state index contributed by atoms with van der Waals surface area (Å²) < 4.78 is 12.8. The number of aromatic nitrogens is 2. The van der Waals surface area contributed by atoms with E-state index >= 15 is 0 Å². The summed E-state index contributed by atoms with van der Waals surface area (Å²) in [6, 6.07) is 9.92. The SMILES string of the molecule is CCc1nn(CCOCCN=NN)c(C(C#N)(C#N)C#N)c1Oc1cc(Cl)cc(Cl)c1. The molecule has 0 aliphatic rings. The zero-order valence-corrected chi connectivity index (χ0v) is 18.1. The zero-order chi connectivity index (χ0) is 22.9. The van der Waals surface area contributed by atoms with E-state index in [1.165, 1.54) is 22.9 Å². The summed E-state index contributed by atoms with van der Waals surface area (Å²) in [7, 11) is 0. The Hall–Kier alpha value is -3.36. The number of aryl methyl sites for hydroxylation is 1. The van der Waals surface area contributed by atoms with Crippen LogP contribution in [0.15, 0.2) is 28.5 Å². The van der Waals surface area contributed by atoms with Crippen LogP contribution < -0.4 is 10.6 Å². The molecule has 31 heavy (non-hydrogen) atoms. The molecule has 1 heterocycles. The van der Waals surface area contributed by atoms with E-state index in [1.807, 2.05) is 6.92 Å². The van der Waals surface area contributed by atoms with Gasteiger partial charge in [0.1, 0.15) is 35.3 Å². The molecule has 12 heteroatoms. The summed E-state index contributed by atoms with van der Waals surface area (Å²) in [5.74, 6) is 5.34. The maximum atomic E-state index is 9.68. The number of halogens is 2. The normalized spacial score (nSPS) is 11.1. The third kappa shape index (κ3) is 5.62. The lowest BCUT2D eigenvalue weighted by atomic mass is 9.88. The summed E-state index contributed by atoms with van der Waals surface area (Å²) in [6.07, 6.45) is 0.416. The Kier molecular flexibility index (Phi) is 8.60. The standard InChI is InChI=1S/C19H18Cl2N8O2/c1-2-16-17(31-15-8-13(20)7-14(21)9-15)18(19(10-22,11-23)12-24)29(27-16)4-6-30-5-3-26-28-25/h7-9H,2-6H2,1H3,(H2,25,26). The average Bonchev–Trinajstić information content (AvgIpc) is 3.09. The molecule has 160 valence electrons. The van der Waals surface area contributed by atoms with Gasteiger partial charge in [-0.3, -0.25) is 4.68 Å². The van der Waals surface area contributed by atoms with E-state index in [4.69, 9.17) is 38.5 Å². The predicted molar refractivity (Wildman–Crippen MR) is 111 cm³/mol. The molecule has 1 aromatic carbocycles. The molecule has 0 unspecified atom stereocenters. The Labute approximate surface area is 189 Å². The van der Waals surface area contributed by atoms with Crippen molar-refractivity contribution in [3.05, 3.63) is 39.6 Å². The minimum Gasteiger partial charge on any atom is -0.453 e. The van der Waals surface area contributed by atoms with E-state index in [9.17, 15) is 15.8 Å². The van der Waals surface area contributed by atoms with Crippen LogP contribution in [0.5, 0.6) is 11.5 Å². The summed E-state index contributed by atoms with van der Waals surface area (Å²) >= 11 is 12.1. The maximum Gasteiger partial charge on any atom is 0.273 e. The maximum absolute atomic E-state index is 9.68. The highest BCUT2D eigenvalue weighted by atomic mass is 35.5. The van der Waals surface area contributed by atoms with Crippen molar-refractivity contribution in [3.63, 3.8) is 0 Å². The van der Waals surface area contributed by atoms with Crippen LogP contribution in [0.2, 0.25) is 10.0 Å². The van der Waals surface area contributed by atoms with Gasteiger partial charge < -0.3 is 15.3 Å². The molecule has 0 aliphatic carbocycles. The third-order valence-electron chi connectivity index (χ3n) is 4.09. The second kappa shape index (κ2) is 11.1. The lowest BCUT2D eigenvalue weighted by Gasteiger charge is -2.16. The van der Waals surface area contributed by atoms with Gasteiger partial charge in [0.25, 0.3) is 5.41 Å². The van der Waals surface area contributed by atoms with Crippen LogP contribution in [0.3, 0.4) is 0 Å². The van der Waals surface area contributed by atoms with Crippen LogP contribution in [-0.2, 0) is 23.1 Å². The minimum absolute atomic E-state index is 0.0122. The molecule has 0 aliphatic heterocycles. The van der Waals surface area contributed by atoms with Crippen LogP contribution in [-0.4, -0.2) is 29.5 Å². The summed E-state index contributed by atoms with van der Waals surface area (Å²) in [5.41, 5.74) is -1.68. The Morgan fingerprint density at radius 1 is 1.13 bits per heavy atom. The van der Waals surface area contributed by atoms with Crippen molar-refractivity contribution in [3.8, 4) is 29.7 Å². The highest BCUT2D eigenvalue weighted by molar-refractivity contribution is 6.34. The minimum atomic E-state index is -2.15. The molecule has 0 radical (unpaired) electrons. The number of ether oxygens (including phenoxy) is 2. The van der Waals surface area contributed by atoms with Gasteiger partial charge in [-0.05, 0) is 24.6 Å². The van der Waals surface area contributed by atoms with Gasteiger partial charge in [-0.25, -0.2) is 0 Å². The molecule has 0 saturated carbocycles. The molecule has 1 aromatic heterocycles. The second-order valence-electron chi connectivity index (χ2n) is 6.09. The first-order valence-electron chi connectivity index (χ1n) is 9.06. The topological polar surface area (TPSA) is 158 Å². The monoisotopic (exact) mass is 460 g/mol. The van der Waals surface area contributed by atoms with E-state index < -0.39 is 5.41 Å². The summed E-state index contributed by atoms with van der Waals surface area (Å²) in [4.78, 5) is 0. The Bertz CT molecular complexity index is 1020. The lowest BCUT2D eigenvalue weighted by molar-refractivity contribution is 0.129. The Morgan fingerprint density at radius 3 is 2.32 bits per heavy atom. The molecule has 0 amide bonds. The number of nitrogens with two attached hydrogens (primary N) is 1. The molecular weight excluding hydrogens is 443 g/mol. The predicted octanol–water partition coefficient (Wildman–Crippen LogP) is 3.70. The first-order valence-corrected chi connectivity index (χ1v) is 9.82. The van der Waals surface area contributed by atoms with Crippen molar-refractivity contribution in [1.29, 1.82) is 15.8 Å². The number of rotatable bonds is 10. The van der Waals surface area contributed by atoms with E-state index in [0.29, 0.717) is 22.2 Å². The van der Waals surface area contributed by atoms with E-state index in [0.717, 1.165) is 0 Å². The number of nitriles is 3. The number of benzene rings is 1. The number of nitrogens with zero attached hydrogens (tertiary/aromatic N) is 7. The van der Waals surface area contributed by atoms with Crippen molar-refractivity contribution < 1.29 is 9.47 Å². The number of hydrogen-bond donors (Lipinski definition) is 1. The Morgan fingerprint density at radius 2 is 1.77 bits per heavy atom. The highest BCUT2D eigenvalue weighted by Gasteiger charge is 2.42. The van der Waals surface area contributed by atoms with Gasteiger partial charge in [0, 0.05) is 10.0 Å². The van der Waals surface area contributed by atoms with E-state index in [-0.39, 0.29) is 43.5 Å². The van der Waals surface area contributed by atoms with Gasteiger partial charge in [0.05, 0.1) is 26.3 Å². The van der Waals surface area contributed by atoms with E-state index in [2.05, 4.69) is 15.4 Å². The fraction of sp³-hybridized carbons (Fsp3) is 0.368. The molecule has 0 fully saturated rings. The zero-order valence-electron chi connectivity index (χ0n) is 16.5. The molecular formula is C19H18Cl2N8O2. The van der Waals surface area contributed by atoms with Crippen LogP contribution in [0.1, 0.15) is 18.3 Å². The van der Waals surface area contributed by atoms with Gasteiger partial charge in [-0.2, -0.15) is 26.0 Å². The first kappa shape index (κ1) is 23.9. The van der Waals surface area contributed by atoms with Gasteiger partial charge >= 0.3 is 0 Å². The van der Waals surface area contributed by atoms with Crippen molar-refractivity contribution >= 4 is 23.2 Å². The largest absolute Gasteiger partial charge is 0.453 e. The highest BCUT2D eigenvalue weighted by Crippen LogP contribution is 2.38. The first-order chi connectivity index (χ1) is 14.9. The molecule has 10 nitrogen and oxygen atoms in total. The molecule has 0 spiro atoms. The molecule has 2 aromatic rings. The van der Waals surface area contributed by atoms with Gasteiger partial charge in [0.2, 0.25) is 0 Å². The number of hydrogen-bond acceptors (Lipinski definition) is 8. The third-order valence-corrected chi connectivity index (χ3v) is 4.53. The van der Waals surface area contributed by atoms with Crippen molar-refractivity contribution in [1.82, 2.24) is 9.78 Å². The lowest BCUT2D eigenvalue weighted by Crippen LogP contribution is -2.26. The van der Waals surface area contributed by atoms with Gasteiger partial charge in [0.15, 0.2) is 5.75 Å². The summed E-state index contributed by atoms with van der Waals surface area (Å²) in [6.45, 7) is 2.72. The van der Waals surface area contributed by atoms with Crippen molar-refractivity contribution in [2.24, 2.45) is 16.2 Å². The molecule has 0 saturated heterocycles. The molecule has 2 rings (SSSR count). The molecule has 2 N–H and O–H groups in total. The van der Waals surface area contributed by atoms with Crippen molar-refractivity contribution in [2.75, 3.05) is 19.8 Å². The molecule has 0 atom stereocenters. The van der Waals surface area contributed by atoms with Gasteiger partial charge in [-0.1, -0.05) is 35.3 Å². The van der Waals surface area contributed by atoms with Crippen LogP contribution in [0.4, 0.5) is 0 Å². The Balaban J connectivity index is 2.50. The smallest absolute Gasteiger partial charge is 0.273 e. The fourth-order valence-corrected chi connectivity index (χ4v) is 3.22. The quantitative estimate of drug-likeness (QED) is 0.244. The van der Waals surface area contributed by atoms with Crippen molar-refractivity contribution in [2.45, 2.75) is 25.3 Å². The van der Waals surface area contributed by atoms with Crippen LogP contribution in [0.25, 0.3) is 0 Å². The van der Waals surface area contributed by atoms with Crippen LogP contribution >= 0.6 is 23.2 Å². The average molecular weight is 461 g/mol. The fourth-order valence-electron chi connectivity index (χ4n) is 2.71. The van der Waals surface area contributed by atoms with E-state index in [1.54, 1.807) is 18.2 Å². The summed E-state index contributed by atoms with van der Waals surface area (Å²) in [5, 5.41) is 40.9. The second-order valence-corrected chi connectivity index (χ2v) is 6.96. The van der Waals surface area contributed by atoms with Gasteiger partial charge in [-0.15, -0.1) is 0 Å². The van der Waals surface area contributed by atoms with Crippen LogP contribution in [0, 0.1) is 34.0 Å². The molecule has 0 bridgehead atoms.